The van der Waals surface area contributed by atoms with Crippen LogP contribution in [-0.4, -0.2) is 65.7 Å². The summed E-state index contributed by atoms with van der Waals surface area (Å²) in [5.74, 6) is -0.173. The molecule has 2 bridgehead atoms. The Kier molecular flexibility index (Phi) is 3.84. The lowest BCUT2D eigenvalue weighted by molar-refractivity contribution is -1.08. The number of carbonyl (C=O) groups is 1. The first kappa shape index (κ1) is 16.3. The molecule has 3 aliphatic heterocycles. The second kappa shape index (κ2) is 5.66. The number of benzene rings is 1. The summed E-state index contributed by atoms with van der Waals surface area (Å²) in [5, 5.41) is 1.87. The number of hydrogen-bond acceptors (Lipinski definition) is 3. The number of quaternary nitrogens is 2. The van der Waals surface area contributed by atoms with Crippen LogP contribution in [0.15, 0.2) is 12.1 Å². The lowest BCUT2D eigenvalue weighted by atomic mass is 10.0. The molecule has 3 fully saturated rings. The average Bonchev–Trinajstić information content (AvgIpc) is 2.89. The van der Waals surface area contributed by atoms with Crippen molar-refractivity contribution in [1.29, 1.82) is 0 Å². The second-order valence-corrected chi connectivity index (χ2v) is 9.08. The van der Waals surface area contributed by atoms with Crippen molar-refractivity contribution >= 4 is 39.1 Å². The number of hydrogen-bond donors (Lipinski definition) is 1. The van der Waals surface area contributed by atoms with E-state index in [2.05, 4.69) is 17.1 Å². The van der Waals surface area contributed by atoms with Gasteiger partial charge >= 0.3 is 0 Å². The molecular weight excluding hydrogens is 344 g/mol. The van der Waals surface area contributed by atoms with Crippen LogP contribution in [-0.2, 0) is 11.3 Å². The summed E-state index contributed by atoms with van der Waals surface area (Å²) in [7, 11) is 0. The van der Waals surface area contributed by atoms with Gasteiger partial charge in [-0.15, -0.1) is 11.3 Å². The highest BCUT2D eigenvalue weighted by Crippen LogP contribution is 2.33. The highest BCUT2D eigenvalue weighted by atomic mass is 35.5. The molecule has 3 aliphatic rings. The maximum absolute atomic E-state index is 11.4. The quantitative estimate of drug-likeness (QED) is 0.840. The van der Waals surface area contributed by atoms with Gasteiger partial charge in [0.1, 0.15) is 45.8 Å². The Balaban J connectivity index is 1.55. The van der Waals surface area contributed by atoms with E-state index < -0.39 is 0 Å². The molecule has 1 aromatic heterocycles. The van der Waals surface area contributed by atoms with Crippen molar-refractivity contribution in [2.45, 2.75) is 13.5 Å². The molecule has 5 nitrogen and oxygen atoms in total. The molecule has 0 spiro atoms. The van der Waals surface area contributed by atoms with E-state index in [1.807, 2.05) is 6.92 Å². The molecule has 2 N–H and O–H groups in total. The molecule has 24 heavy (non-hydrogen) atoms. The predicted octanol–water partition coefficient (Wildman–Crippen LogP) is 1.90. The number of thiazole rings is 1. The number of halogens is 1. The number of nitrogens with two attached hydrogens (primary N) is 1. The third kappa shape index (κ3) is 2.81. The van der Waals surface area contributed by atoms with Crippen LogP contribution in [0.1, 0.15) is 10.6 Å². The maximum Gasteiger partial charge on any atom is 0.272 e. The SMILES string of the molecule is Cc1nc2cc(C[N+]34CC[N+](CC(N)=O)(CC3)CC4)cc(Cl)c2s1. The molecule has 7 heteroatoms. The molecule has 0 radical (unpaired) electrons. The number of nitrogens with zero attached hydrogens (tertiary/aromatic N) is 3. The fourth-order valence-corrected chi connectivity index (χ4v) is 5.54. The first-order valence-electron chi connectivity index (χ1n) is 8.43. The Morgan fingerprint density at radius 1 is 1.21 bits per heavy atom. The summed E-state index contributed by atoms with van der Waals surface area (Å²) in [6.45, 7) is 10.0. The van der Waals surface area contributed by atoms with E-state index in [0.717, 1.165) is 75.0 Å². The summed E-state index contributed by atoms with van der Waals surface area (Å²) in [6.07, 6.45) is 0. The number of carbonyl (C=O) groups excluding carboxylic acids is 1. The van der Waals surface area contributed by atoms with Gasteiger partial charge in [0.05, 0.1) is 20.2 Å². The van der Waals surface area contributed by atoms with Gasteiger partial charge in [-0.3, -0.25) is 4.79 Å². The van der Waals surface area contributed by atoms with Crippen LogP contribution < -0.4 is 5.73 Å². The van der Waals surface area contributed by atoms with Gasteiger partial charge in [0, 0.05) is 5.56 Å². The van der Waals surface area contributed by atoms with Gasteiger partial charge in [-0.05, 0) is 19.1 Å². The van der Waals surface area contributed by atoms with Gasteiger partial charge < -0.3 is 14.7 Å². The van der Waals surface area contributed by atoms with Crippen LogP contribution >= 0.6 is 22.9 Å². The number of fused-ring (bicyclic) bond motifs is 4. The van der Waals surface area contributed by atoms with Gasteiger partial charge in [0.25, 0.3) is 5.91 Å². The predicted molar refractivity (Wildman–Crippen MR) is 96.9 cm³/mol. The van der Waals surface area contributed by atoms with Crippen LogP contribution in [0, 0.1) is 6.92 Å². The van der Waals surface area contributed by atoms with E-state index >= 15 is 0 Å². The molecule has 128 valence electrons. The van der Waals surface area contributed by atoms with Crippen LogP contribution in [0.4, 0.5) is 0 Å². The molecule has 0 aliphatic carbocycles. The lowest BCUT2D eigenvalue weighted by Gasteiger charge is -2.55. The molecule has 2 aromatic rings. The minimum absolute atomic E-state index is 0.173. The fraction of sp³-hybridized carbons (Fsp3) is 0.529. The maximum atomic E-state index is 11.4. The number of primary amides is 1. The normalized spacial score (nSPS) is 29.2. The standard InChI is InChI=1S/C17H22ClN4OS/c1-12-20-15-9-13(8-14(18)17(15)24-12)10-21-2-5-22(6-3-21,7-4-21)11-16(19)23/h8-9H,2-7,10-11H2,1H3,(H-,19,23)/q+1/p+1. The highest BCUT2D eigenvalue weighted by Gasteiger charge is 2.49. The van der Waals surface area contributed by atoms with Crippen LogP contribution in [0.5, 0.6) is 0 Å². The Labute approximate surface area is 150 Å². The Morgan fingerprint density at radius 3 is 2.46 bits per heavy atom. The average molecular weight is 367 g/mol. The minimum atomic E-state index is -0.173. The first-order chi connectivity index (χ1) is 11.4. The Bertz CT molecular complexity index is 794. The van der Waals surface area contributed by atoms with Crippen molar-refractivity contribution in [3.8, 4) is 0 Å². The van der Waals surface area contributed by atoms with E-state index in [4.69, 9.17) is 17.3 Å². The molecule has 3 saturated heterocycles. The van der Waals surface area contributed by atoms with Crippen molar-refractivity contribution in [3.63, 3.8) is 0 Å². The summed E-state index contributed by atoms with van der Waals surface area (Å²) >= 11 is 8.14. The molecule has 1 aromatic carbocycles. The van der Waals surface area contributed by atoms with Crippen molar-refractivity contribution in [1.82, 2.24) is 4.98 Å². The monoisotopic (exact) mass is 366 g/mol. The molecule has 0 unspecified atom stereocenters. The van der Waals surface area contributed by atoms with E-state index in [9.17, 15) is 4.79 Å². The van der Waals surface area contributed by atoms with Crippen molar-refractivity contribution in [3.05, 3.63) is 27.7 Å². The zero-order valence-electron chi connectivity index (χ0n) is 13.9. The number of aryl methyl sites for hydroxylation is 1. The van der Waals surface area contributed by atoms with Gasteiger partial charge in [-0.1, -0.05) is 11.6 Å². The molecular formula is C17H23ClN4OS+2. The van der Waals surface area contributed by atoms with Gasteiger partial charge in [0.15, 0.2) is 6.54 Å². The number of aromatic nitrogens is 1. The summed E-state index contributed by atoms with van der Waals surface area (Å²) < 4.78 is 3.08. The lowest BCUT2D eigenvalue weighted by Crippen LogP contribution is -2.75. The zero-order valence-corrected chi connectivity index (χ0v) is 15.5. The topological polar surface area (TPSA) is 56.0 Å². The number of amides is 1. The van der Waals surface area contributed by atoms with Gasteiger partial charge in [-0.2, -0.15) is 0 Å². The molecule has 0 atom stereocenters. The van der Waals surface area contributed by atoms with Gasteiger partial charge in [-0.25, -0.2) is 4.98 Å². The summed E-state index contributed by atoms with van der Waals surface area (Å²) in [4.78, 5) is 16.0. The first-order valence-corrected chi connectivity index (χ1v) is 9.62. The summed E-state index contributed by atoms with van der Waals surface area (Å²) in [6, 6.07) is 4.32. The Morgan fingerprint density at radius 2 is 1.83 bits per heavy atom. The third-order valence-electron chi connectivity index (χ3n) is 5.77. The van der Waals surface area contributed by atoms with Crippen molar-refractivity contribution < 1.29 is 13.8 Å². The van der Waals surface area contributed by atoms with E-state index in [0.29, 0.717) is 6.54 Å². The zero-order chi connectivity index (χ0) is 16.9. The third-order valence-corrected chi connectivity index (χ3v) is 7.20. The smallest absolute Gasteiger partial charge is 0.272 e. The van der Waals surface area contributed by atoms with Crippen LogP contribution in [0.2, 0.25) is 5.02 Å². The minimum Gasteiger partial charge on any atom is -0.365 e. The second-order valence-electron chi connectivity index (χ2n) is 7.47. The van der Waals surface area contributed by atoms with Crippen LogP contribution in [0.25, 0.3) is 10.2 Å². The fourth-order valence-electron chi connectivity index (χ4n) is 4.38. The number of rotatable bonds is 4. The van der Waals surface area contributed by atoms with Crippen molar-refractivity contribution in [2.24, 2.45) is 5.73 Å². The van der Waals surface area contributed by atoms with Gasteiger partial charge in [0.2, 0.25) is 0 Å². The highest BCUT2D eigenvalue weighted by molar-refractivity contribution is 7.19. The molecule has 1 amide bonds. The van der Waals surface area contributed by atoms with Crippen molar-refractivity contribution in [2.75, 3.05) is 45.8 Å². The molecule has 5 rings (SSSR count). The van der Waals surface area contributed by atoms with E-state index in [-0.39, 0.29) is 5.91 Å². The largest absolute Gasteiger partial charge is 0.365 e. The molecule has 0 saturated carbocycles. The number of piperazine rings is 3. The van der Waals surface area contributed by atoms with E-state index in [1.54, 1.807) is 11.3 Å². The van der Waals surface area contributed by atoms with Crippen LogP contribution in [0.3, 0.4) is 0 Å². The van der Waals surface area contributed by atoms with E-state index in [1.165, 1.54) is 5.56 Å². The Hall–Kier alpha value is -1.21. The molecule has 4 heterocycles. The summed E-state index contributed by atoms with van der Waals surface area (Å²) in [5.41, 5.74) is 7.74.